The van der Waals surface area contributed by atoms with Crippen LogP contribution in [0.15, 0.2) is 30.3 Å². The first kappa shape index (κ1) is 14.9. The molecule has 1 aromatic rings. The second kappa shape index (κ2) is 7.35. The molecule has 4 nitrogen and oxygen atoms in total. The molecule has 0 aliphatic carbocycles. The molecule has 0 radical (unpaired) electrons. The molecule has 0 saturated heterocycles. The lowest BCUT2D eigenvalue weighted by molar-refractivity contribution is 0.104. The molecular weight excluding hydrogens is 251 g/mol. The fraction of sp³-hybridized carbons (Fsp3) is 0.385. The van der Waals surface area contributed by atoms with Crippen LogP contribution in [0.1, 0.15) is 25.5 Å². The van der Waals surface area contributed by atoms with Crippen LogP contribution >= 0.6 is 7.82 Å². The van der Waals surface area contributed by atoms with Gasteiger partial charge in [0.05, 0.1) is 13.2 Å². The summed E-state index contributed by atoms with van der Waals surface area (Å²) in [5.41, 5.74) is 0.736. The van der Waals surface area contributed by atoms with Crippen molar-refractivity contribution in [1.82, 2.24) is 0 Å². The topological polar surface area (TPSA) is 44.8 Å². The summed E-state index contributed by atoms with van der Waals surface area (Å²) < 4.78 is 27.6. The molecule has 5 heteroatoms. The number of benzene rings is 1. The minimum Gasteiger partial charge on any atom is -0.287 e. The number of phosphoric ester groups is 1. The van der Waals surface area contributed by atoms with Crippen LogP contribution in [0, 0.1) is 12.3 Å². The Balaban J connectivity index is 2.85. The molecule has 18 heavy (non-hydrogen) atoms. The maximum Gasteiger partial charge on any atom is 0.476 e. The van der Waals surface area contributed by atoms with Gasteiger partial charge in [0, 0.05) is 0 Å². The van der Waals surface area contributed by atoms with Crippen LogP contribution in [-0.4, -0.2) is 13.2 Å². The summed E-state index contributed by atoms with van der Waals surface area (Å²) in [5, 5.41) is 0. The highest BCUT2D eigenvalue weighted by atomic mass is 31.2. The molecule has 98 valence electrons. The van der Waals surface area contributed by atoms with E-state index in [1.807, 2.05) is 18.2 Å². The van der Waals surface area contributed by atoms with E-state index in [-0.39, 0.29) is 13.2 Å². The summed E-state index contributed by atoms with van der Waals surface area (Å²) in [6.07, 6.45) is 4.64. The summed E-state index contributed by atoms with van der Waals surface area (Å²) >= 11 is 0. The van der Waals surface area contributed by atoms with Crippen molar-refractivity contribution in [2.24, 2.45) is 0 Å². The zero-order valence-corrected chi connectivity index (χ0v) is 11.4. The van der Waals surface area contributed by atoms with Crippen LogP contribution in [0.25, 0.3) is 0 Å². The van der Waals surface area contributed by atoms with Crippen molar-refractivity contribution in [1.29, 1.82) is 0 Å². The first-order valence-electron chi connectivity index (χ1n) is 5.73. The lowest BCUT2D eigenvalue weighted by atomic mass is 10.1. The molecule has 1 atom stereocenters. The van der Waals surface area contributed by atoms with E-state index in [2.05, 4.69) is 5.92 Å². The van der Waals surface area contributed by atoms with Crippen molar-refractivity contribution in [3.63, 3.8) is 0 Å². The average molecular weight is 268 g/mol. The fourth-order valence-electron chi connectivity index (χ4n) is 1.36. The molecule has 0 saturated carbocycles. The number of rotatable bonds is 7. The van der Waals surface area contributed by atoms with Gasteiger partial charge in [-0.15, -0.1) is 6.42 Å². The summed E-state index contributed by atoms with van der Waals surface area (Å²) in [7, 11) is -3.60. The van der Waals surface area contributed by atoms with Crippen LogP contribution in [0.2, 0.25) is 0 Å². The molecule has 1 aromatic carbocycles. The molecule has 0 aliphatic heterocycles. The van der Waals surface area contributed by atoms with Crippen LogP contribution in [-0.2, 0) is 18.1 Å². The van der Waals surface area contributed by atoms with E-state index >= 15 is 0 Å². The fourth-order valence-corrected chi connectivity index (χ4v) is 2.63. The van der Waals surface area contributed by atoms with Gasteiger partial charge in [-0.2, -0.15) is 0 Å². The van der Waals surface area contributed by atoms with Crippen LogP contribution < -0.4 is 0 Å². The lowest BCUT2D eigenvalue weighted by Crippen LogP contribution is -2.05. The van der Waals surface area contributed by atoms with E-state index in [1.54, 1.807) is 26.0 Å². The van der Waals surface area contributed by atoms with Crippen molar-refractivity contribution in [3.8, 4) is 12.3 Å². The molecule has 0 aromatic heterocycles. The minimum absolute atomic E-state index is 0.226. The monoisotopic (exact) mass is 268 g/mol. The minimum atomic E-state index is -3.60. The molecule has 0 heterocycles. The largest absolute Gasteiger partial charge is 0.476 e. The normalized spacial score (nSPS) is 12.9. The maximum atomic E-state index is 12.2. The number of terminal acetylenes is 1. The van der Waals surface area contributed by atoms with Gasteiger partial charge >= 0.3 is 7.82 Å². The quantitative estimate of drug-likeness (QED) is 0.560. The van der Waals surface area contributed by atoms with Gasteiger partial charge in [-0.05, 0) is 19.4 Å². The van der Waals surface area contributed by atoms with E-state index in [1.165, 1.54) is 0 Å². The lowest BCUT2D eigenvalue weighted by Gasteiger charge is -2.20. The molecule has 0 N–H and O–H groups in total. The Bertz CT molecular complexity index is 428. The third kappa shape index (κ3) is 4.29. The van der Waals surface area contributed by atoms with Gasteiger partial charge in [-0.25, -0.2) is 4.57 Å². The van der Waals surface area contributed by atoms with Crippen LogP contribution in [0.5, 0.6) is 0 Å². The van der Waals surface area contributed by atoms with E-state index < -0.39 is 13.9 Å². The third-order valence-corrected chi connectivity index (χ3v) is 3.68. The van der Waals surface area contributed by atoms with Gasteiger partial charge in [0.15, 0.2) is 6.10 Å². The number of hydrogen-bond donors (Lipinski definition) is 0. The summed E-state index contributed by atoms with van der Waals surface area (Å²) in [6, 6.07) is 9.12. The van der Waals surface area contributed by atoms with Crippen molar-refractivity contribution >= 4 is 7.82 Å². The van der Waals surface area contributed by atoms with Crippen molar-refractivity contribution in [3.05, 3.63) is 35.9 Å². The van der Waals surface area contributed by atoms with Crippen molar-refractivity contribution < 1.29 is 18.1 Å². The summed E-state index contributed by atoms with van der Waals surface area (Å²) in [5.74, 6) is 2.44. The molecular formula is C13H17O4P. The summed E-state index contributed by atoms with van der Waals surface area (Å²) in [4.78, 5) is 0. The predicted octanol–water partition coefficient (Wildman–Crippen LogP) is 3.56. The van der Waals surface area contributed by atoms with Crippen molar-refractivity contribution in [2.75, 3.05) is 13.2 Å². The van der Waals surface area contributed by atoms with Gasteiger partial charge in [-0.1, -0.05) is 36.3 Å². The second-order valence-electron chi connectivity index (χ2n) is 3.35. The highest BCUT2D eigenvalue weighted by Crippen LogP contribution is 2.52. The van der Waals surface area contributed by atoms with Crippen LogP contribution in [0.3, 0.4) is 0 Å². The Morgan fingerprint density at radius 2 is 1.78 bits per heavy atom. The first-order valence-corrected chi connectivity index (χ1v) is 7.19. The average Bonchev–Trinajstić information content (AvgIpc) is 2.38. The van der Waals surface area contributed by atoms with Gasteiger partial charge < -0.3 is 0 Å². The Kier molecular flexibility index (Phi) is 6.11. The van der Waals surface area contributed by atoms with Gasteiger partial charge in [0.2, 0.25) is 0 Å². The molecule has 1 unspecified atom stereocenters. The molecule has 0 aliphatic rings. The van der Waals surface area contributed by atoms with Gasteiger partial charge in [0.1, 0.15) is 0 Å². The Labute approximate surface area is 108 Å². The SMILES string of the molecule is C#CC(OP(=O)(OCC)OCC)c1ccccc1. The van der Waals surface area contributed by atoms with Gasteiger partial charge in [0.25, 0.3) is 0 Å². The Morgan fingerprint density at radius 3 is 2.22 bits per heavy atom. The van der Waals surface area contributed by atoms with Gasteiger partial charge in [-0.3, -0.25) is 13.6 Å². The first-order chi connectivity index (χ1) is 8.65. The number of phosphoric acid groups is 1. The zero-order chi connectivity index (χ0) is 13.4. The maximum absolute atomic E-state index is 12.2. The van der Waals surface area contributed by atoms with E-state index in [0.29, 0.717) is 0 Å². The van der Waals surface area contributed by atoms with E-state index in [9.17, 15) is 4.57 Å². The van der Waals surface area contributed by atoms with Crippen LogP contribution in [0.4, 0.5) is 0 Å². The predicted molar refractivity (Wildman–Crippen MR) is 70.0 cm³/mol. The van der Waals surface area contributed by atoms with Crippen molar-refractivity contribution in [2.45, 2.75) is 20.0 Å². The Hall–Kier alpha value is -1.11. The van der Waals surface area contributed by atoms with E-state index in [0.717, 1.165) is 5.56 Å². The molecule has 0 amide bonds. The number of hydrogen-bond acceptors (Lipinski definition) is 4. The standard InChI is InChI=1S/C13H17O4P/c1-4-13(12-10-8-7-9-11-12)17-18(14,15-5-2)16-6-3/h1,7-11,13H,5-6H2,2-3H3. The third-order valence-electron chi connectivity index (χ3n) is 2.06. The molecule has 1 rings (SSSR count). The molecule has 0 bridgehead atoms. The smallest absolute Gasteiger partial charge is 0.287 e. The molecule has 0 fully saturated rings. The summed E-state index contributed by atoms with van der Waals surface area (Å²) in [6.45, 7) is 3.87. The molecule has 0 spiro atoms. The highest BCUT2D eigenvalue weighted by Gasteiger charge is 2.29. The zero-order valence-electron chi connectivity index (χ0n) is 10.5. The highest BCUT2D eigenvalue weighted by molar-refractivity contribution is 7.48. The second-order valence-corrected chi connectivity index (χ2v) is 4.97. The Morgan fingerprint density at radius 1 is 1.22 bits per heavy atom. The van der Waals surface area contributed by atoms with E-state index in [4.69, 9.17) is 20.0 Å².